The van der Waals surface area contributed by atoms with Gasteiger partial charge < -0.3 is 14.6 Å². The van der Waals surface area contributed by atoms with E-state index in [1.807, 2.05) is 11.4 Å². The van der Waals surface area contributed by atoms with Gasteiger partial charge in [-0.05, 0) is 42.6 Å². The lowest BCUT2D eigenvalue weighted by molar-refractivity contribution is 0.0526. The summed E-state index contributed by atoms with van der Waals surface area (Å²) in [5.74, 6) is 0.688. The maximum Gasteiger partial charge on any atom is 0.338 e. The Bertz CT molecular complexity index is 867. The van der Waals surface area contributed by atoms with Gasteiger partial charge in [0.15, 0.2) is 0 Å². The molecule has 0 saturated carbocycles. The van der Waals surface area contributed by atoms with Crippen LogP contribution in [-0.4, -0.2) is 46.1 Å². The summed E-state index contributed by atoms with van der Waals surface area (Å²) >= 11 is 3.04. The number of benzene rings is 1. The van der Waals surface area contributed by atoms with Crippen molar-refractivity contribution in [1.29, 1.82) is 0 Å². The maximum absolute atomic E-state index is 11.6. The van der Waals surface area contributed by atoms with Crippen LogP contribution < -0.4 is 4.74 Å². The quantitative estimate of drug-likeness (QED) is 0.359. The summed E-state index contributed by atoms with van der Waals surface area (Å²) in [6.07, 6.45) is 0.892. The maximum atomic E-state index is 11.6. The number of thiophene rings is 1. The van der Waals surface area contributed by atoms with Crippen molar-refractivity contribution in [3.8, 4) is 5.75 Å². The number of aliphatic hydroxyl groups is 1. The van der Waals surface area contributed by atoms with Crippen molar-refractivity contribution >= 4 is 39.3 Å². The lowest BCUT2D eigenvalue weighted by atomic mass is 10.2. The zero-order valence-corrected chi connectivity index (χ0v) is 15.8. The minimum atomic E-state index is -0.645. The molecule has 26 heavy (non-hydrogen) atoms. The summed E-state index contributed by atoms with van der Waals surface area (Å²) in [6.45, 7) is 2.26. The van der Waals surface area contributed by atoms with Crippen LogP contribution in [0.15, 0.2) is 47.1 Å². The smallest absolute Gasteiger partial charge is 0.338 e. The van der Waals surface area contributed by atoms with Crippen LogP contribution in [-0.2, 0) is 4.74 Å². The molecule has 2 heterocycles. The molecule has 136 valence electrons. The third-order valence-electron chi connectivity index (χ3n) is 3.45. The highest BCUT2D eigenvalue weighted by Crippen LogP contribution is 2.28. The van der Waals surface area contributed by atoms with Gasteiger partial charge in [-0.2, -0.15) is 0 Å². The van der Waals surface area contributed by atoms with Crippen LogP contribution in [0.5, 0.6) is 5.75 Å². The zero-order valence-electron chi connectivity index (χ0n) is 14.1. The van der Waals surface area contributed by atoms with E-state index < -0.39 is 6.10 Å². The summed E-state index contributed by atoms with van der Waals surface area (Å²) in [5, 5.41) is 14.0. The van der Waals surface area contributed by atoms with Gasteiger partial charge in [-0.15, -0.1) is 23.1 Å². The van der Waals surface area contributed by atoms with Crippen LogP contribution in [0.25, 0.3) is 10.2 Å². The fourth-order valence-corrected chi connectivity index (χ4v) is 3.89. The van der Waals surface area contributed by atoms with Crippen molar-refractivity contribution in [1.82, 2.24) is 9.97 Å². The van der Waals surface area contributed by atoms with E-state index in [2.05, 4.69) is 9.97 Å². The second-order valence-electron chi connectivity index (χ2n) is 5.34. The monoisotopic (exact) mass is 390 g/mol. The van der Waals surface area contributed by atoms with Crippen molar-refractivity contribution in [2.45, 2.75) is 18.1 Å². The topological polar surface area (TPSA) is 81.5 Å². The van der Waals surface area contributed by atoms with Gasteiger partial charge in [0.05, 0.1) is 18.3 Å². The molecule has 8 heteroatoms. The molecule has 0 fully saturated rings. The molecule has 0 radical (unpaired) electrons. The molecule has 0 aliphatic carbocycles. The summed E-state index contributed by atoms with van der Waals surface area (Å²) < 4.78 is 10.5. The molecule has 0 bridgehead atoms. The summed E-state index contributed by atoms with van der Waals surface area (Å²) in [4.78, 5) is 21.0. The molecule has 0 aliphatic rings. The number of fused-ring (bicyclic) bond motifs is 1. The first kappa shape index (κ1) is 18.6. The fraction of sp³-hybridized carbons (Fsp3) is 0.278. The van der Waals surface area contributed by atoms with Crippen LogP contribution in [0, 0.1) is 0 Å². The number of nitrogens with zero attached hydrogens (tertiary/aromatic N) is 2. The Balaban J connectivity index is 1.49. The van der Waals surface area contributed by atoms with Crippen molar-refractivity contribution < 1.29 is 19.4 Å². The largest absolute Gasteiger partial charge is 0.491 e. The zero-order chi connectivity index (χ0) is 18.4. The van der Waals surface area contributed by atoms with E-state index in [0.29, 0.717) is 23.7 Å². The van der Waals surface area contributed by atoms with E-state index in [1.165, 1.54) is 18.1 Å². The normalized spacial score (nSPS) is 12.1. The lowest BCUT2D eigenvalue weighted by Gasteiger charge is -2.12. The molecule has 1 N–H and O–H groups in total. The first-order valence-corrected chi connectivity index (χ1v) is 9.93. The minimum Gasteiger partial charge on any atom is -0.491 e. The Kier molecular flexibility index (Phi) is 6.43. The van der Waals surface area contributed by atoms with Gasteiger partial charge in [0.1, 0.15) is 28.5 Å². The lowest BCUT2D eigenvalue weighted by Crippen LogP contribution is -2.20. The number of thioether (sulfide) groups is 1. The highest BCUT2D eigenvalue weighted by Gasteiger charge is 2.11. The van der Waals surface area contributed by atoms with Crippen LogP contribution >= 0.6 is 23.1 Å². The number of hydrogen-bond donors (Lipinski definition) is 1. The van der Waals surface area contributed by atoms with E-state index in [-0.39, 0.29) is 12.6 Å². The second-order valence-corrected chi connectivity index (χ2v) is 7.24. The van der Waals surface area contributed by atoms with Gasteiger partial charge >= 0.3 is 5.97 Å². The van der Waals surface area contributed by atoms with Crippen LogP contribution in [0.3, 0.4) is 0 Å². The number of carbonyl (C=O) groups excluding carboxylic acids is 1. The molecule has 0 spiro atoms. The molecule has 1 unspecified atom stereocenters. The third kappa shape index (κ3) is 4.72. The highest BCUT2D eigenvalue weighted by atomic mass is 32.2. The minimum absolute atomic E-state index is 0.156. The summed E-state index contributed by atoms with van der Waals surface area (Å²) in [7, 11) is 0. The number of hydrogen-bond acceptors (Lipinski definition) is 8. The SMILES string of the molecule is CCOC(=O)c1ccc(OCC(O)CSc2ncnc3sccc23)cc1. The van der Waals surface area contributed by atoms with Crippen molar-refractivity contribution in [3.05, 3.63) is 47.6 Å². The van der Waals surface area contributed by atoms with E-state index in [9.17, 15) is 9.90 Å². The Morgan fingerprint density at radius 3 is 2.85 bits per heavy atom. The standard InChI is InChI=1S/C18H18N2O4S2/c1-2-23-18(22)12-3-5-14(6-4-12)24-9-13(21)10-26-17-15-7-8-25-16(15)19-11-20-17/h3-8,11,13,21H,2,9-10H2,1H3. The number of ether oxygens (including phenoxy) is 2. The van der Waals surface area contributed by atoms with Crippen molar-refractivity contribution in [2.75, 3.05) is 19.0 Å². The van der Waals surface area contributed by atoms with Gasteiger partial charge in [-0.1, -0.05) is 0 Å². The summed E-state index contributed by atoms with van der Waals surface area (Å²) in [6, 6.07) is 8.64. The molecular weight excluding hydrogens is 372 g/mol. The molecule has 1 atom stereocenters. The summed E-state index contributed by atoms with van der Waals surface area (Å²) in [5.41, 5.74) is 0.471. The molecule has 0 saturated heterocycles. The van der Waals surface area contributed by atoms with Gasteiger partial charge in [0.2, 0.25) is 0 Å². The molecule has 6 nitrogen and oxygen atoms in total. The van der Waals surface area contributed by atoms with E-state index in [4.69, 9.17) is 9.47 Å². The van der Waals surface area contributed by atoms with E-state index in [1.54, 1.807) is 42.5 Å². The first-order chi connectivity index (χ1) is 12.7. The van der Waals surface area contributed by atoms with Crippen LogP contribution in [0.4, 0.5) is 0 Å². The number of rotatable bonds is 8. The number of aromatic nitrogens is 2. The predicted octanol–water partition coefficient (Wildman–Crippen LogP) is 3.40. The average molecular weight is 390 g/mol. The van der Waals surface area contributed by atoms with Gasteiger partial charge in [-0.3, -0.25) is 0 Å². The third-order valence-corrected chi connectivity index (χ3v) is 5.42. The first-order valence-electron chi connectivity index (χ1n) is 8.06. The van der Waals surface area contributed by atoms with Crippen LogP contribution in [0.2, 0.25) is 0 Å². The van der Waals surface area contributed by atoms with Gasteiger partial charge in [0.25, 0.3) is 0 Å². The number of esters is 1. The van der Waals surface area contributed by atoms with Crippen LogP contribution in [0.1, 0.15) is 17.3 Å². The van der Waals surface area contributed by atoms with Crippen molar-refractivity contribution in [2.24, 2.45) is 0 Å². The molecule has 0 amide bonds. The van der Waals surface area contributed by atoms with Gasteiger partial charge in [-0.25, -0.2) is 14.8 Å². The molecule has 3 rings (SSSR count). The van der Waals surface area contributed by atoms with E-state index in [0.717, 1.165) is 15.2 Å². The molecule has 3 aromatic rings. The van der Waals surface area contributed by atoms with Gasteiger partial charge in [0, 0.05) is 11.1 Å². The number of aliphatic hydroxyl groups excluding tert-OH is 1. The Morgan fingerprint density at radius 1 is 1.27 bits per heavy atom. The Labute approximate surface area is 159 Å². The predicted molar refractivity (Wildman–Crippen MR) is 102 cm³/mol. The average Bonchev–Trinajstić information content (AvgIpc) is 3.14. The number of carbonyl (C=O) groups is 1. The highest BCUT2D eigenvalue weighted by molar-refractivity contribution is 7.99. The Hall–Kier alpha value is -2.16. The molecule has 2 aromatic heterocycles. The molecule has 0 aliphatic heterocycles. The molecule has 1 aromatic carbocycles. The van der Waals surface area contributed by atoms with Crippen molar-refractivity contribution in [3.63, 3.8) is 0 Å². The van der Waals surface area contributed by atoms with E-state index >= 15 is 0 Å². The molecular formula is C18H18N2O4S2. The fourth-order valence-electron chi connectivity index (χ4n) is 2.20. The second kappa shape index (κ2) is 8.98. The Morgan fingerprint density at radius 2 is 2.08 bits per heavy atom.